The van der Waals surface area contributed by atoms with E-state index in [1.165, 1.54) is 12.1 Å². The molecule has 1 N–H and O–H groups in total. The number of rotatable bonds is 6. The highest BCUT2D eigenvalue weighted by molar-refractivity contribution is 9.10. The van der Waals surface area contributed by atoms with Gasteiger partial charge in [-0.15, -0.1) is 0 Å². The Kier molecular flexibility index (Phi) is 5.31. The normalized spacial score (nSPS) is 12.6. The minimum Gasteiger partial charge on any atom is -0.472 e. The van der Waals surface area contributed by atoms with Crippen molar-refractivity contribution in [2.24, 2.45) is 0 Å². The molecule has 1 heterocycles. The van der Waals surface area contributed by atoms with Crippen LogP contribution in [0.25, 0.3) is 0 Å². The van der Waals surface area contributed by atoms with Crippen LogP contribution in [0.2, 0.25) is 0 Å². The Hall–Kier alpha value is -1.20. The molecule has 0 bridgehead atoms. The summed E-state index contributed by atoms with van der Waals surface area (Å²) < 4.78 is 33.6. The molecule has 108 valence electrons. The summed E-state index contributed by atoms with van der Waals surface area (Å²) in [5.41, 5.74) is 0.975. The molecule has 1 aromatic heterocycles. The number of hydrogen-bond acceptors (Lipinski definition) is 2. The fraction of sp³-hybridized carbons (Fsp3) is 0.333. The first-order chi connectivity index (χ1) is 9.61. The van der Waals surface area contributed by atoms with Crippen molar-refractivity contribution in [1.29, 1.82) is 0 Å². The highest BCUT2D eigenvalue weighted by atomic mass is 79.9. The van der Waals surface area contributed by atoms with Gasteiger partial charge in [-0.3, -0.25) is 0 Å². The van der Waals surface area contributed by atoms with Crippen LogP contribution in [0.3, 0.4) is 0 Å². The van der Waals surface area contributed by atoms with Crippen LogP contribution in [-0.2, 0) is 6.42 Å². The second-order valence-corrected chi connectivity index (χ2v) is 5.54. The van der Waals surface area contributed by atoms with Crippen molar-refractivity contribution < 1.29 is 13.2 Å². The maximum atomic E-state index is 14.1. The summed E-state index contributed by atoms with van der Waals surface area (Å²) in [7, 11) is 0. The molecule has 0 aliphatic rings. The minimum atomic E-state index is -0.547. The zero-order valence-electron chi connectivity index (χ0n) is 11.1. The number of benzene rings is 1. The van der Waals surface area contributed by atoms with Crippen LogP contribution in [0.1, 0.15) is 30.5 Å². The third-order valence-corrected chi connectivity index (χ3v) is 3.51. The van der Waals surface area contributed by atoms with E-state index in [1.807, 2.05) is 6.92 Å². The highest BCUT2D eigenvalue weighted by Crippen LogP contribution is 2.27. The Morgan fingerprint density at radius 2 is 2.00 bits per heavy atom. The predicted molar refractivity (Wildman–Crippen MR) is 77.5 cm³/mol. The van der Waals surface area contributed by atoms with Crippen molar-refractivity contribution in [3.05, 3.63) is 58.0 Å². The van der Waals surface area contributed by atoms with Gasteiger partial charge in [-0.25, -0.2) is 8.78 Å². The van der Waals surface area contributed by atoms with E-state index < -0.39 is 17.7 Å². The molecule has 1 atom stereocenters. The van der Waals surface area contributed by atoms with Crippen molar-refractivity contribution in [1.82, 2.24) is 5.32 Å². The molecule has 2 rings (SSSR count). The molecule has 1 aromatic carbocycles. The summed E-state index contributed by atoms with van der Waals surface area (Å²) in [6.07, 6.45) is 4.52. The van der Waals surface area contributed by atoms with Crippen LogP contribution in [0.5, 0.6) is 0 Å². The van der Waals surface area contributed by atoms with Crippen molar-refractivity contribution in [2.75, 3.05) is 6.54 Å². The van der Waals surface area contributed by atoms with Gasteiger partial charge in [-0.05, 0) is 43.1 Å². The first kappa shape index (κ1) is 15.2. The zero-order chi connectivity index (χ0) is 14.5. The maximum Gasteiger partial charge on any atom is 0.132 e. The Morgan fingerprint density at radius 1 is 1.30 bits per heavy atom. The monoisotopic (exact) mass is 343 g/mol. The highest BCUT2D eigenvalue weighted by Gasteiger charge is 2.21. The summed E-state index contributed by atoms with van der Waals surface area (Å²) in [5, 5.41) is 3.19. The quantitative estimate of drug-likeness (QED) is 0.828. The van der Waals surface area contributed by atoms with Crippen LogP contribution >= 0.6 is 15.9 Å². The SMILES string of the molecule is CCCNC(Cc1ccoc1)c1c(F)cc(Br)cc1F. The van der Waals surface area contributed by atoms with Crippen LogP contribution in [0.4, 0.5) is 8.78 Å². The molecule has 0 saturated carbocycles. The summed E-state index contributed by atoms with van der Waals surface area (Å²) in [5.74, 6) is -1.09. The maximum absolute atomic E-state index is 14.1. The third-order valence-electron chi connectivity index (χ3n) is 3.05. The Balaban J connectivity index is 2.30. The van der Waals surface area contributed by atoms with Crippen molar-refractivity contribution in [2.45, 2.75) is 25.8 Å². The molecule has 5 heteroatoms. The Morgan fingerprint density at radius 3 is 2.55 bits per heavy atom. The second kappa shape index (κ2) is 6.99. The molecule has 20 heavy (non-hydrogen) atoms. The standard InChI is InChI=1S/C15H16BrF2NO/c1-2-4-19-14(6-10-3-5-20-9-10)15-12(17)7-11(16)8-13(15)18/h3,5,7-9,14,19H,2,4,6H2,1H3. The molecule has 0 aliphatic carbocycles. The van der Waals surface area contributed by atoms with E-state index in [-0.39, 0.29) is 5.56 Å². The van der Waals surface area contributed by atoms with E-state index in [4.69, 9.17) is 4.42 Å². The molecular formula is C15H16BrF2NO. The lowest BCUT2D eigenvalue weighted by Crippen LogP contribution is -2.26. The molecule has 1 unspecified atom stereocenters. The van der Waals surface area contributed by atoms with E-state index in [9.17, 15) is 8.78 Å². The molecule has 0 saturated heterocycles. The summed E-state index contributed by atoms with van der Waals surface area (Å²) in [4.78, 5) is 0. The minimum absolute atomic E-state index is 0.0721. The number of hydrogen-bond donors (Lipinski definition) is 1. The van der Waals surface area contributed by atoms with Gasteiger partial charge in [0.2, 0.25) is 0 Å². The van der Waals surface area contributed by atoms with Crippen LogP contribution in [0, 0.1) is 11.6 Å². The Bertz CT molecular complexity index is 534. The Labute approximate surface area is 125 Å². The molecule has 0 spiro atoms. The molecule has 0 radical (unpaired) electrons. The average Bonchev–Trinajstić information content (AvgIpc) is 2.87. The van der Waals surface area contributed by atoms with Gasteiger partial charge in [-0.1, -0.05) is 22.9 Å². The van der Waals surface area contributed by atoms with Crippen LogP contribution in [0.15, 0.2) is 39.6 Å². The lowest BCUT2D eigenvalue weighted by molar-refractivity contribution is 0.461. The predicted octanol–water partition coefficient (Wildman–Crippen LogP) is 4.60. The molecule has 0 amide bonds. The third kappa shape index (κ3) is 3.67. The smallest absolute Gasteiger partial charge is 0.132 e. The molecular weight excluding hydrogens is 328 g/mol. The van der Waals surface area contributed by atoms with Crippen molar-refractivity contribution in [3.63, 3.8) is 0 Å². The van der Waals surface area contributed by atoms with Crippen LogP contribution in [-0.4, -0.2) is 6.54 Å². The van der Waals surface area contributed by atoms with Gasteiger partial charge in [0.05, 0.1) is 12.5 Å². The van der Waals surface area contributed by atoms with Gasteiger partial charge in [0.1, 0.15) is 11.6 Å². The first-order valence-electron chi connectivity index (χ1n) is 6.50. The van der Waals surface area contributed by atoms with Crippen LogP contribution < -0.4 is 5.32 Å². The van der Waals surface area contributed by atoms with Gasteiger partial charge in [0.15, 0.2) is 0 Å². The van der Waals surface area contributed by atoms with E-state index in [1.54, 1.807) is 18.6 Å². The van der Waals surface area contributed by atoms with Gasteiger partial charge in [0, 0.05) is 16.1 Å². The first-order valence-corrected chi connectivity index (χ1v) is 7.30. The van der Waals surface area contributed by atoms with Gasteiger partial charge in [0.25, 0.3) is 0 Å². The number of halogens is 3. The molecule has 0 fully saturated rings. The lowest BCUT2D eigenvalue weighted by Gasteiger charge is -2.20. The van der Waals surface area contributed by atoms with E-state index >= 15 is 0 Å². The zero-order valence-corrected chi connectivity index (χ0v) is 12.7. The van der Waals surface area contributed by atoms with Crippen molar-refractivity contribution >= 4 is 15.9 Å². The van der Waals surface area contributed by atoms with E-state index in [0.717, 1.165) is 12.0 Å². The van der Waals surface area contributed by atoms with E-state index in [0.29, 0.717) is 17.4 Å². The van der Waals surface area contributed by atoms with Gasteiger partial charge < -0.3 is 9.73 Å². The lowest BCUT2D eigenvalue weighted by atomic mass is 9.99. The second-order valence-electron chi connectivity index (χ2n) is 4.63. The molecule has 2 aromatic rings. The fourth-order valence-electron chi connectivity index (χ4n) is 2.13. The largest absolute Gasteiger partial charge is 0.472 e. The summed E-state index contributed by atoms with van der Waals surface area (Å²) in [6.45, 7) is 2.70. The number of nitrogens with one attached hydrogen (secondary N) is 1. The van der Waals surface area contributed by atoms with Gasteiger partial charge in [-0.2, -0.15) is 0 Å². The molecule has 0 aliphatic heterocycles. The summed E-state index contributed by atoms with van der Waals surface area (Å²) >= 11 is 3.09. The fourth-order valence-corrected chi connectivity index (χ4v) is 2.53. The van der Waals surface area contributed by atoms with Gasteiger partial charge >= 0.3 is 0 Å². The number of furan rings is 1. The van der Waals surface area contributed by atoms with Crippen molar-refractivity contribution in [3.8, 4) is 0 Å². The van der Waals surface area contributed by atoms with E-state index in [2.05, 4.69) is 21.2 Å². The average molecular weight is 344 g/mol. The summed E-state index contributed by atoms with van der Waals surface area (Å²) in [6, 6.07) is 3.96. The topological polar surface area (TPSA) is 25.2 Å². The molecule has 2 nitrogen and oxygen atoms in total.